The number of anilines is 4. The minimum atomic E-state index is -0.293. The standard InChI is InChI=1S/C24H28FN7.ClH/c1-17(2)19-8-6-18(7-9-19)16-26-31-23-28-22(27-21-12-10-20(25)11-13-21)29-24(30-23)32-14-4-3-5-15-32;/h6-13,16-17H,3-5,14-15H2,1-2H3,(H2,27,28,29,30,31);1H. The van der Waals surface area contributed by atoms with Gasteiger partial charge in [-0.2, -0.15) is 20.1 Å². The van der Waals surface area contributed by atoms with Gasteiger partial charge in [-0.05, 0) is 60.6 Å². The number of piperidine rings is 1. The maximum Gasteiger partial charge on any atom is 0.250 e. The van der Waals surface area contributed by atoms with Crippen molar-refractivity contribution in [2.75, 3.05) is 28.7 Å². The average molecular weight is 470 g/mol. The Morgan fingerprint density at radius 1 is 0.909 bits per heavy atom. The van der Waals surface area contributed by atoms with Crippen molar-refractivity contribution >= 4 is 42.2 Å². The number of rotatable bonds is 7. The highest BCUT2D eigenvalue weighted by atomic mass is 35.5. The van der Waals surface area contributed by atoms with Crippen LogP contribution in [0.3, 0.4) is 0 Å². The average Bonchev–Trinajstić information content (AvgIpc) is 2.81. The first-order valence-electron chi connectivity index (χ1n) is 11.0. The van der Waals surface area contributed by atoms with Gasteiger partial charge in [0, 0.05) is 18.8 Å². The van der Waals surface area contributed by atoms with E-state index in [0.29, 0.717) is 29.5 Å². The molecule has 2 N–H and O–H groups in total. The molecule has 1 aromatic heterocycles. The molecule has 2 heterocycles. The first-order chi connectivity index (χ1) is 15.6. The summed E-state index contributed by atoms with van der Waals surface area (Å²) in [6.07, 6.45) is 5.17. The number of aromatic nitrogens is 3. The third-order valence-electron chi connectivity index (χ3n) is 5.34. The summed E-state index contributed by atoms with van der Waals surface area (Å²) in [5.41, 5.74) is 5.89. The van der Waals surface area contributed by atoms with E-state index in [-0.39, 0.29) is 18.2 Å². The first kappa shape index (κ1) is 24.4. The van der Waals surface area contributed by atoms with E-state index in [1.165, 1.54) is 24.1 Å². The van der Waals surface area contributed by atoms with Gasteiger partial charge in [-0.3, -0.25) is 0 Å². The predicted octanol–water partition coefficient (Wildman–Crippen LogP) is 5.74. The van der Waals surface area contributed by atoms with Crippen molar-refractivity contribution < 1.29 is 4.39 Å². The number of hydrogen-bond acceptors (Lipinski definition) is 7. The minimum absolute atomic E-state index is 0. The highest BCUT2D eigenvalue weighted by molar-refractivity contribution is 5.85. The maximum atomic E-state index is 13.2. The zero-order valence-electron chi connectivity index (χ0n) is 18.8. The van der Waals surface area contributed by atoms with Crippen LogP contribution in [0.5, 0.6) is 0 Å². The van der Waals surface area contributed by atoms with Gasteiger partial charge in [0.25, 0.3) is 0 Å². The Morgan fingerprint density at radius 2 is 1.58 bits per heavy atom. The summed E-state index contributed by atoms with van der Waals surface area (Å²) in [5.74, 6) is 1.53. The Balaban J connectivity index is 0.00000306. The van der Waals surface area contributed by atoms with Gasteiger partial charge in [0.2, 0.25) is 17.8 Å². The van der Waals surface area contributed by atoms with Gasteiger partial charge in [0.05, 0.1) is 6.21 Å². The molecular formula is C24H29ClFN7. The van der Waals surface area contributed by atoms with Crippen LogP contribution in [0.25, 0.3) is 0 Å². The third-order valence-corrected chi connectivity index (χ3v) is 5.34. The molecule has 7 nitrogen and oxygen atoms in total. The second kappa shape index (κ2) is 11.6. The molecule has 0 aliphatic carbocycles. The lowest BCUT2D eigenvalue weighted by Crippen LogP contribution is -2.31. The van der Waals surface area contributed by atoms with Gasteiger partial charge >= 0.3 is 0 Å². The number of halogens is 2. The van der Waals surface area contributed by atoms with Crippen LogP contribution in [0.15, 0.2) is 53.6 Å². The van der Waals surface area contributed by atoms with Gasteiger partial charge in [0.1, 0.15) is 5.82 Å². The van der Waals surface area contributed by atoms with E-state index in [1.54, 1.807) is 18.3 Å². The van der Waals surface area contributed by atoms with Crippen LogP contribution in [0.2, 0.25) is 0 Å². The molecule has 0 atom stereocenters. The van der Waals surface area contributed by atoms with Crippen LogP contribution < -0.4 is 15.6 Å². The molecule has 0 spiro atoms. The summed E-state index contributed by atoms with van der Waals surface area (Å²) in [4.78, 5) is 15.7. The second-order valence-corrected chi connectivity index (χ2v) is 8.15. The lowest BCUT2D eigenvalue weighted by Gasteiger charge is -2.26. The summed E-state index contributed by atoms with van der Waals surface area (Å²) in [6, 6.07) is 14.4. The van der Waals surface area contributed by atoms with Crippen molar-refractivity contribution in [2.45, 2.75) is 39.0 Å². The minimum Gasteiger partial charge on any atom is -0.341 e. The van der Waals surface area contributed by atoms with E-state index in [9.17, 15) is 4.39 Å². The molecular weight excluding hydrogens is 441 g/mol. The molecule has 1 fully saturated rings. The number of nitrogens with zero attached hydrogens (tertiary/aromatic N) is 5. The normalized spacial score (nSPS) is 13.8. The van der Waals surface area contributed by atoms with E-state index >= 15 is 0 Å². The fraction of sp³-hybridized carbons (Fsp3) is 0.333. The molecule has 4 rings (SSSR count). The van der Waals surface area contributed by atoms with Gasteiger partial charge in [-0.1, -0.05) is 38.1 Å². The lowest BCUT2D eigenvalue weighted by molar-refractivity contribution is 0.568. The van der Waals surface area contributed by atoms with Crippen LogP contribution in [0, 0.1) is 5.82 Å². The molecule has 33 heavy (non-hydrogen) atoms. The van der Waals surface area contributed by atoms with Crippen molar-refractivity contribution in [3.8, 4) is 0 Å². The van der Waals surface area contributed by atoms with Crippen LogP contribution in [0.1, 0.15) is 50.2 Å². The molecule has 3 aromatic rings. The van der Waals surface area contributed by atoms with Gasteiger partial charge in [0.15, 0.2) is 0 Å². The summed E-state index contributed by atoms with van der Waals surface area (Å²) in [5, 5.41) is 7.44. The summed E-state index contributed by atoms with van der Waals surface area (Å²) < 4.78 is 13.2. The van der Waals surface area contributed by atoms with E-state index in [1.807, 2.05) is 12.1 Å². The molecule has 0 radical (unpaired) electrons. The fourth-order valence-electron chi connectivity index (χ4n) is 3.50. The predicted molar refractivity (Wildman–Crippen MR) is 135 cm³/mol. The summed E-state index contributed by atoms with van der Waals surface area (Å²) in [6.45, 7) is 6.15. The Morgan fingerprint density at radius 3 is 2.24 bits per heavy atom. The van der Waals surface area contributed by atoms with Crippen LogP contribution in [-0.4, -0.2) is 34.3 Å². The van der Waals surface area contributed by atoms with Gasteiger partial charge in [-0.25, -0.2) is 9.82 Å². The monoisotopic (exact) mass is 469 g/mol. The zero-order valence-corrected chi connectivity index (χ0v) is 19.6. The van der Waals surface area contributed by atoms with Crippen molar-refractivity contribution in [3.63, 3.8) is 0 Å². The zero-order chi connectivity index (χ0) is 22.3. The second-order valence-electron chi connectivity index (χ2n) is 8.15. The molecule has 174 valence electrons. The Bertz CT molecular complexity index is 1050. The largest absolute Gasteiger partial charge is 0.341 e. The van der Waals surface area contributed by atoms with Crippen molar-refractivity contribution in [3.05, 3.63) is 65.5 Å². The highest BCUT2D eigenvalue weighted by Gasteiger charge is 2.16. The molecule has 1 aliphatic rings. The Hall–Kier alpha value is -3.26. The topological polar surface area (TPSA) is 78.3 Å². The molecule has 0 unspecified atom stereocenters. The van der Waals surface area contributed by atoms with Crippen LogP contribution in [-0.2, 0) is 0 Å². The molecule has 2 aromatic carbocycles. The number of hydrogen-bond donors (Lipinski definition) is 2. The molecule has 0 amide bonds. The molecule has 1 aliphatic heterocycles. The quantitative estimate of drug-likeness (QED) is 0.339. The van der Waals surface area contributed by atoms with Crippen molar-refractivity contribution in [1.82, 2.24) is 15.0 Å². The van der Waals surface area contributed by atoms with Crippen LogP contribution >= 0.6 is 12.4 Å². The van der Waals surface area contributed by atoms with E-state index in [0.717, 1.165) is 31.5 Å². The van der Waals surface area contributed by atoms with E-state index in [2.05, 4.69) is 61.7 Å². The SMILES string of the molecule is CC(C)c1ccc(C=NNc2nc(Nc3ccc(F)cc3)nc(N3CCCCC3)n2)cc1.Cl. The molecule has 9 heteroatoms. The van der Waals surface area contributed by atoms with E-state index in [4.69, 9.17) is 0 Å². The molecule has 1 saturated heterocycles. The first-order valence-corrected chi connectivity index (χ1v) is 11.0. The van der Waals surface area contributed by atoms with Crippen molar-refractivity contribution in [1.29, 1.82) is 0 Å². The Labute approximate surface area is 200 Å². The number of benzene rings is 2. The summed E-state index contributed by atoms with van der Waals surface area (Å²) >= 11 is 0. The third kappa shape index (κ3) is 6.86. The number of hydrazone groups is 1. The molecule has 0 bridgehead atoms. The van der Waals surface area contributed by atoms with Gasteiger partial charge in [-0.15, -0.1) is 12.4 Å². The summed E-state index contributed by atoms with van der Waals surface area (Å²) in [7, 11) is 0. The Kier molecular flexibility index (Phi) is 8.54. The fourth-order valence-corrected chi connectivity index (χ4v) is 3.50. The van der Waals surface area contributed by atoms with E-state index < -0.39 is 0 Å². The number of nitrogens with one attached hydrogen (secondary N) is 2. The smallest absolute Gasteiger partial charge is 0.250 e. The van der Waals surface area contributed by atoms with Crippen LogP contribution in [0.4, 0.5) is 27.9 Å². The van der Waals surface area contributed by atoms with Gasteiger partial charge < -0.3 is 10.2 Å². The molecule has 0 saturated carbocycles. The lowest BCUT2D eigenvalue weighted by atomic mass is 10.0. The maximum absolute atomic E-state index is 13.2. The van der Waals surface area contributed by atoms with Crippen molar-refractivity contribution in [2.24, 2.45) is 5.10 Å². The highest BCUT2D eigenvalue weighted by Crippen LogP contribution is 2.21.